The van der Waals surface area contributed by atoms with Crippen molar-refractivity contribution in [1.29, 1.82) is 0 Å². The van der Waals surface area contributed by atoms with Crippen LogP contribution in [-0.2, 0) is 6.61 Å². The van der Waals surface area contributed by atoms with Crippen LogP contribution in [0.3, 0.4) is 0 Å². The lowest BCUT2D eigenvalue weighted by atomic mass is 10.1. The summed E-state index contributed by atoms with van der Waals surface area (Å²) in [5, 5.41) is 3.70. The number of halogens is 1. The minimum Gasteiger partial charge on any atom is -0.489 e. The van der Waals surface area contributed by atoms with Gasteiger partial charge in [-0.15, -0.1) is 0 Å². The monoisotopic (exact) mass is 331 g/mol. The Morgan fingerprint density at radius 1 is 1.13 bits per heavy atom. The quantitative estimate of drug-likeness (QED) is 0.788. The number of hydrogen-bond acceptors (Lipinski definition) is 2. The highest BCUT2D eigenvalue weighted by atomic mass is 35.5. The fraction of sp³-hybridized carbons (Fsp3) is 0.316. The Kier molecular flexibility index (Phi) is 6.48. The van der Waals surface area contributed by atoms with Crippen LogP contribution < -0.4 is 10.1 Å². The zero-order valence-corrected chi connectivity index (χ0v) is 14.3. The van der Waals surface area contributed by atoms with Crippen LogP contribution in [0.4, 0.5) is 0 Å². The molecule has 1 amide bonds. The number of benzene rings is 2. The summed E-state index contributed by atoms with van der Waals surface area (Å²) in [6.45, 7) is 4.51. The van der Waals surface area contributed by atoms with Crippen LogP contribution in [0.25, 0.3) is 0 Å². The molecule has 0 spiro atoms. The van der Waals surface area contributed by atoms with Crippen LogP contribution in [-0.4, -0.2) is 11.9 Å². The number of nitrogens with one attached hydrogen (secondary N) is 1. The van der Waals surface area contributed by atoms with E-state index in [1.54, 1.807) is 12.1 Å². The standard InChI is InChI=1S/C19H22ClNO2/c1-3-16(4-2)21-19(22)14-9-7-10-17(12-14)23-13-15-8-5-6-11-18(15)20/h5-12,16H,3-4,13H2,1-2H3,(H,21,22). The van der Waals surface area contributed by atoms with E-state index in [1.165, 1.54) is 0 Å². The van der Waals surface area contributed by atoms with Crippen LogP contribution in [0.5, 0.6) is 5.75 Å². The van der Waals surface area contributed by atoms with Gasteiger partial charge in [-0.25, -0.2) is 0 Å². The van der Waals surface area contributed by atoms with E-state index in [2.05, 4.69) is 19.2 Å². The molecule has 2 rings (SSSR count). The van der Waals surface area contributed by atoms with Crippen LogP contribution in [0.15, 0.2) is 48.5 Å². The lowest BCUT2D eigenvalue weighted by Crippen LogP contribution is -2.33. The minimum atomic E-state index is -0.0677. The molecule has 0 fully saturated rings. The molecular formula is C19H22ClNO2. The topological polar surface area (TPSA) is 38.3 Å². The highest BCUT2D eigenvalue weighted by Gasteiger charge is 2.11. The van der Waals surface area contributed by atoms with E-state index in [1.807, 2.05) is 36.4 Å². The number of rotatable bonds is 7. The van der Waals surface area contributed by atoms with E-state index in [4.69, 9.17) is 16.3 Å². The van der Waals surface area contributed by atoms with Gasteiger partial charge in [0.05, 0.1) is 0 Å². The Balaban J connectivity index is 2.02. The summed E-state index contributed by atoms with van der Waals surface area (Å²) in [5.41, 5.74) is 1.52. The first-order valence-corrected chi connectivity index (χ1v) is 8.29. The highest BCUT2D eigenvalue weighted by Crippen LogP contribution is 2.19. The van der Waals surface area contributed by atoms with Gasteiger partial charge in [0.2, 0.25) is 0 Å². The summed E-state index contributed by atoms with van der Waals surface area (Å²) in [6.07, 6.45) is 1.84. The van der Waals surface area contributed by atoms with Crippen molar-refractivity contribution in [1.82, 2.24) is 5.32 Å². The normalized spacial score (nSPS) is 10.6. The fourth-order valence-electron chi connectivity index (χ4n) is 2.27. The minimum absolute atomic E-state index is 0.0677. The molecule has 0 saturated heterocycles. The van der Waals surface area contributed by atoms with Crippen LogP contribution >= 0.6 is 11.6 Å². The molecular weight excluding hydrogens is 310 g/mol. The van der Waals surface area contributed by atoms with Gasteiger partial charge >= 0.3 is 0 Å². The summed E-state index contributed by atoms with van der Waals surface area (Å²) < 4.78 is 5.76. The van der Waals surface area contributed by atoms with Gasteiger partial charge in [-0.2, -0.15) is 0 Å². The maximum Gasteiger partial charge on any atom is 0.251 e. The van der Waals surface area contributed by atoms with Gasteiger partial charge in [-0.05, 0) is 37.1 Å². The first-order valence-electron chi connectivity index (χ1n) is 7.91. The van der Waals surface area contributed by atoms with Crippen molar-refractivity contribution >= 4 is 17.5 Å². The molecule has 3 nitrogen and oxygen atoms in total. The molecule has 23 heavy (non-hydrogen) atoms. The lowest BCUT2D eigenvalue weighted by Gasteiger charge is -2.15. The molecule has 1 N–H and O–H groups in total. The molecule has 0 saturated carbocycles. The molecule has 122 valence electrons. The first kappa shape index (κ1) is 17.4. The Morgan fingerprint density at radius 2 is 1.87 bits per heavy atom. The number of hydrogen-bond donors (Lipinski definition) is 1. The Morgan fingerprint density at radius 3 is 2.57 bits per heavy atom. The molecule has 0 atom stereocenters. The lowest BCUT2D eigenvalue weighted by molar-refractivity contribution is 0.0934. The maximum absolute atomic E-state index is 12.3. The van der Waals surface area contributed by atoms with E-state index in [9.17, 15) is 4.79 Å². The summed E-state index contributed by atoms with van der Waals surface area (Å²) in [4.78, 5) is 12.3. The predicted octanol–water partition coefficient (Wildman–Crippen LogP) is 4.84. The van der Waals surface area contributed by atoms with Crippen molar-refractivity contribution in [2.75, 3.05) is 0 Å². The fourth-order valence-corrected chi connectivity index (χ4v) is 2.46. The highest BCUT2D eigenvalue weighted by molar-refractivity contribution is 6.31. The summed E-state index contributed by atoms with van der Waals surface area (Å²) in [6, 6.07) is 15.0. The molecule has 0 aliphatic rings. The number of carbonyl (C=O) groups is 1. The van der Waals surface area contributed by atoms with Crippen molar-refractivity contribution in [2.24, 2.45) is 0 Å². The maximum atomic E-state index is 12.3. The van der Waals surface area contributed by atoms with Crippen molar-refractivity contribution in [3.05, 3.63) is 64.7 Å². The Labute approximate surface area is 142 Å². The van der Waals surface area contributed by atoms with Gasteiger partial charge < -0.3 is 10.1 Å². The molecule has 0 aliphatic carbocycles. The number of amides is 1. The van der Waals surface area contributed by atoms with E-state index in [-0.39, 0.29) is 11.9 Å². The molecule has 0 heterocycles. The second-order valence-electron chi connectivity index (χ2n) is 5.39. The van der Waals surface area contributed by atoms with Crippen molar-refractivity contribution in [3.63, 3.8) is 0 Å². The predicted molar refractivity (Wildman–Crippen MR) is 94.1 cm³/mol. The molecule has 2 aromatic carbocycles. The van der Waals surface area contributed by atoms with Crippen molar-refractivity contribution in [2.45, 2.75) is 39.3 Å². The van der Waals surface area contributed by atoms with E-state index in [0.717, 1.165) is 18.4 Å². The second-order valence-corrected chi connectivity index (χ2v) is 5.80. The number of carbonyl (C=O) groups excluding carboxylic acids is 1. The SMILES string of the molecule is CCC(CC)NC(=O)c1cccc(OCc2ccccc2Cl)c1. The average molecular weight is 332 g/mol. The van der Waals surface area contributed by atoms with Gasteiger partial charge in [0.15, 0.2) is 0 Å². The molecule has 2 aromatic rings. The summed E-state index contributed by atoms with van der Waals surface area (Å²) >= 11 is 6.12. The zero-order valence-electron chi connectivity index (χ0n) is 13.5. The van der Waals surface area contributed by atoms with Crippen LogP contribution in [0.2, 0.25) is 5.02 Å². The molecule has 0 aromatic heterocycles. The van der Waals surface area contributed by atoms with E-state index < -0.39 is 0 Å². The van der Waals surface area contributed by atoms with Gasteiger partial charge in [0.25, 0.3) is 5.91 Å². The molecule has 0 radical (unpaired) electrons. The molecule has 0 bridgehead atoms. The largest absolute Gasteiger partial charge is 0.489 e. The third-order valence-corrected chi connectivity index (χ3v) is 4.14. The molecule has 0 unspecified atom stereocenters. The Bertz CT molecular complexity index is 653. The average Bonchev–Trinajstić information content (AvgIpc) is 2.59. The third kappa shape index (κ3) is 5.00. The second kappa shape index (κ2) is 8.59. The van der Waals surface area contributed by atoms with Crippen LogP contribution in [0, 0.1) is 0 Å². The number of ether oxygens (including phenoxy) is 1. The zero-order chi connectivity index (χ0) is 16.7. The molecule has 4 heteroatoms. The summed E-state index contributed by atoms with van der Waals surface area (Å²) in [7, 11) is 0. The van der Waals surface area contributed by atoms with Gasteiger partial charge in [-0.3, -0.25) is 4.79 Å². The smallest absolute Gasteiger partial charge is 0.251 e. The Hall–Kier alpha value is -2.00. The van der Waals surface area contributed by atoms with E-state index >= 15 is 0 Å². The summed E-state index contributed by atoms with van der Waals surface area (Å²) in [5.74, 6) is 0.587. The first-order chi connectivity index (χ1) is 11.1. The van der Waals surface area contributed by atoms with E-state index in [0.29, 0.717) is 22.9 Å². The van der Waals surface area contributed by atoms with Crippen molar-refractivity contribution in [3.8, 4) is 5.75 Å². The van der Waals surface area contributed by atoms with Gasteiger partial charge in [-0.1, -0.05) is 49.7 Å². The van der Waals surface area contributed by atoms with Gasteiger partial charge in [0.1, 0.15) is 12.4 Å². The van der Waals surface area contributed by atoms with Crippen molar-refractivity contribution < 1.29 is 9.53 Å². The van der Waals surface area contributed by atoms with Gasteiger partial charge in [0, 0.05) is 22.2 Å². The van der Waals surface area contributed by atoms with Crippen LogP contribution in [0.1, 0.15) is 42.6 Å². The third-order valence-electron chi connectivity index (χ3n) is 3.77. The molecule has 0 aliphatic heterocycles.